The van der Waals surface area contributed by atoms with Gasteiger partial charge < -0.3 is 10.5 Å². The molecule has 90 valence electrons. The van der Waals surface area contributed by atoms with E-state index >= 15 is 0 Å². The van der Waals surface area contributed by atoms with Crippen LogP contribution in [0.1, 0.15) is 33.7 Å². The highest BCUT2D eigenvalue weighted by molar-refractivity contribution is 5.91. The molecule has 7 heteroatoms. The van der Waals surface area contributed by atoms with E-state index in [-0.39, 0.29) is 23.5 Å². The monoisotopic (exact) mass is 241 g/mol. The highest BCUT2D eigenvalue weighted by atomic mass is 19.3. The second kappa shape index (κ2) is 5.32. The molecule has 0 aromatic carbocycles. The molecule has 17 heavy (non-hydrogen) atoms. The van der Waals surface area contributed by atoms with Gasteiger partial charge in [0.05, 0.1) is 23.9 Å². The third-order valence-corrected chi connectivity index (χ3v) is 2.07. The van der Waals surface area contributed by atoms with Crippen molar-refractivity contribution in [2.75, 3.05) is 7.11 Å². The Morgan fingerprint density at radius 3 is 2.76 bits per heavy atom. The van der Waals surface area contributed by atoms with Gasteiger partial charge in [0.1, 0.15) is 11.8 Å². The van der Waals surface area contributed by atoms with Gasteiger partial charge in [-0.25, -0.2) is 18.6 Å². The van der Waals surface area contributed by atoms with Crippen LogP contribution in [-0.2, 0) is 11.3 Å². The number of pyridine rings is 1. The molecule has 0 aliphatic rings. The Morgan fingerprint density at radius 2 is 2.35 bits per heavy atom. The van der Waals surface area contributed by atoms with Crippen LogP contribution in [0.3, 0.4) is 0 Å². The molecule has 1 aromatic heterocycles. The number of nitrogens with zero attached hydrogens (tertiary/aromatic N) is 2. The summed E-state index contributed by atoms with van der Waals surface area (Å²) in [4.78, 5) is 15.0. The third-order valence-electron chi connectivity index (χ3n) is 2.07. The fraction of sp³-hybridized carbons (Fsp3) is 0.300. The zero-order chi connectivity index (χ0) is 13.0. The van der Waals surface area contributed by atoms with Crippen LogP contribution in [0.4, 0.5) is 8.78 Å². The first-order valence-corrected chi connectivity index (χ1v) is 4.55. The van der Waals surface area contributed by atoms with Gasteiger partial charge in [-0.2, -0.15) is 5.26 Å². The molecule has 0 atom stereocenters. The number of esters is 1. The summed E-state index contributed by atoms with van der Waals surface area (Å²) >= 11 is 0. The molecular weight excluding hydrogens is 232 g/mol. The first kappa shape index (κ1) is 13.0. The first-order chi connectivity index (χ1) is 8.04. The molecule has 5 nitrogen and oxygen atoms in total. The summed E-state index contributed by atoms with van der Waals surface area (Å²) in [6.45, 7) is -0.292. The number of hydrogen-bond acceptors (Lipinski definition) is 5. The summed E-state index contributed by atoms with van der Waals surface area (Å²) in [7, 11) is 1.06. The van der Waals surface area contributed by atoms with Gasteiger partial charge in [0.2, 0.25) is 0 Å². The molecular formula is C10H9F2N3O2. The third kappa shape index (κ3) is 2.54. The van der Waals surface area contributed by atoms with E-state index < -0.39 is 18.0 Å². The van der Waals surface area contributed by atoms with Crippen LogP contribution >= 0.6 is 0 Å². The minimum atomic E-state index is -2.91. The molecule has 1 rings (SSSR count). The number of aromatic nitrogens is 1. The summed E-state index contributed by atoms with van der Waals surface area (Å²) in [5.41, 5.74) is 3.96. The van der Waals surface area contributed by atoms with Crippen molar-refractivity contribution in [3.8, 4) is 6.07 Å². The second-order valence-corrected chi connectivity index (χ2v) is 3.02. The van der Waals surface area contributed by atoms with Crippen LogP contribution in [0.25, 0.3) is 0 Å². The molecule has 0 saturated carbocycles. The number of rotatable bonds is 3. The van der Waals surface area contributed by atoms with E-state index in [1.165, 1.54) is 0 Å². The highest BCUT2D eigenvalue weighted by Crippen LogP contribution is 2.27. The van der Waals surface area contributed by atoms with Crippen LogP contribution in [0, 0.1) is 11.3 Å². The molecule has 0 spiro atoms. The standard InChI is InChI=1S/C10H9F2N3O2/c1-17-10(16)6-2-5(3-13)15-7(4-14)8(6)9(11)12/h2,9H,4,14H2,1H3. The predicted octanol–water partition coefficient (Wildman–Crippen LogP) is 1.14. The van der Waals surface area contributed by atoms with E-state index in [1.807, 2.05) is 0 Å². The number of alkyl halides is 2. The molecule has 0 unspecified atom stereocenters. The first-order valence-electron chi connectivity index (χ1n) is 4.55. The summed E-state index contributed by atoms with van der Waals surface area (Å²) in [6.07, 6.45) is -2.91. The van der Waals surface area contributed by atoms with Crippen LogP contribution in [0.15, 0.2) is 6.07 Å². The minimum absolute atomic E-state index is 0.157. The molecule has 0 bridgehead atoms. The Bertz CT molecular complexity index is 483. The zero-order valence-electron chi connectivity index (χ0n) is 8.91. The summed E-state index contributed by atoms with van der Waals surface area (Å²) in [6, 6.07) is 2.63. The van der Waals surface area contributed by atoms with Gasteiger partial charge in [0, 0.05) is 6.54 Å². The van der Waals surface area contributed by atoms with Gasteiger partial charge in [-0.3, -0.25) is 0 Å². The molecule has 0 radical (unpaired) electrons. The Morgan fingerprint density at radius 1 is 1.71 bits per heavy atom. The van der Waals surface area contributed by atoms with Gasteiger partial charge in [-0.15, -0.1) is 0 Å². The molecule has 1 heterocycles. The molecule has 0 aliphatic carbocycles. The smallest absolute Gasteiger partial charge is 0.338 e. The van der Waals surface area contributed by atoms with E-state index in [0.29, 0.717) is 0 Å². The van der Waals surface area contributed by atoms with Crippen molar-refractivity contribution in [2.45, 2.75) is 13.0 Å². The lowest BCUT2D eigenvalue weighted by Gasteiger charge is -2.11. The summed E-state index contributed by atoms with van der Waals surface area (Å²) in [5.74, 6) is -0.950. The number of nitrogens with two attached hydrogens (primary N) is 1. The van der Waals surface area contributed by atoms with Crippen molar-refractivity contribution in [2.24, 2.45) is 5.73 Å². The fourth-order valence-electron chi connectivity index (χ4n) is 1.34. The summed E-state index contributed by atoms with van der Waals surface area (Å²) in [5, 5.41) is 8.67. The highest BCUT2D eigenvalue weighted by Gasteiger charge is 2.24. The number of nitriles is 1. The molecule has 2 N–H and O–H groups in total. The van der Waals surface area contributed by atoms with Crippen LogP contribution < -0.4 is 5.73 Å². The lowest BCUT2D eigenvalue weighted by atomic mass is 10.1. The van der Waals surface area contributed by atoms with E-state index in [4.69, 9.17) is 11.0 Å². The molecule has 0 aliphatic heterocycles. The number of carbonyl (C=O) groups excluding carboxylic acids is 1. The topological polar surface area (TPSA) is 89.0 Å². The maximum atomic E-state index is 12.8. The Labute approximate surface area is 95.8 Å². The van der Waals surface area contributed by atoms with Crippen molar-refractivity contribution < 1.29 is 18.3 Å². The quantitative estimate of drug-likeness (QED) is 0.801. The number of carbonyl (C=O) groups is 1. The predicted molar refractivity (Wildman–Crippen MR) is 53.1 cm³/mol. The molecule has 1 aromatic rings. The molecule has 0 fully saturated rings. The van der Waals surface area contributed by atoms with E-state index in [1.54, 1.807) is 6.07 Å². The van der Waals surface area contributed by atoms with Crippen molar-refractivity contribution in [3.05, 3.63) is 28.6 Å². The lowest BCUT2D eigenvalue weighted by Crippen LogP contribution is -2.14. The lowest BCUT2D eigenvalue weighted by molar-refractivity contribution is 0.0588. The van der Waals surface area contributed by atoms with Crippen LogP contribution in [-0.4, -0.2) is 18.1 Å². The minimum Gasteiger partial charge on any atom is -0.465 e. The average Bonchev–Trinajstić information content (AvgIpc) is 2.35. The average molecular weight is 241 g/mol. The molecule has 0 saturated heterocycles. The van der Waals surface area contributed by atoms with E-state index in [2.05, 4.69) is 9.72 Å². The fourth-order valence-corrected chi connectivity index (χ4v) is 1.34. The Kier molecular flexibility index (Phi) is 4.06. The number of hydrogen-bond donors (Lipinski definition) is 1. The maximum Gasteiger partial charge on any atom is 0.338 e. The second-order valence-electron chi connectivity index (χ2n) is 3.02. The van der Waals surface area contributed by atoms with Crippen LogP contribution in [0.5, 0.6) is 0 Å². The van der Waals surface area contributed by atoms with E-state index in [0.717, 1.165) is 13.2 Å². The number of ether oxygens (including phenoxy) is 1. The van der Waals surface area contributed by atoms with Gasteiger partial charge >= 0.3 is 5.97 Å². The molecule has 0 amide bonds. The van der Waals surface area contributed by atoms with Crippen molar-refractivity contribution >= 4 is 5.97 Å². The Balaban J connectivity index is 3.53. The van der Waals surface area contributed by atoms with Gasteiger partial charge in [0.15, 0.2) is 0 Å². The van der Waals surface area contributed by atoms with Crippen molar-refractivity contribution in [1.29, 1.82) is 5.26 Å². The number of halogens is 2. The maximum absolute atomic E-state index is 12.8. The largest absolute Gasteiger partial charge is 0.465 e. The number of methoxy groups -OCH3 is 1. The van der Waals surface area contributed by atoms with Gasteiger partial charge in [-0.05, 0) is 6.07 Å². The van der Waals surface area contributed by atoms with Crippen molar-refractivity contribution in [1.82, 2.24) is 4.98 Å². The van der Waals surface area contributed by atoms with Gasteiger partial charge in [0.25, 0.3) is 6.43 Å². The Hall–Kier alpha value is -2.07. The van der Waals surface area contributed by atoms with E-state index in [9.17, 15) is 13.6 Å². The normalized spacial score (nSPS) is 10.1. The van der Waals surface area contributed by atoms with Crippen molar-refractivity contribution in [3.63, 3.8) is 0 Å². The van der Waals surface area contributed by atoms with Gasteiger partial charge in [-0.1, -0.05) is 0 Å². The summed E-state index contributed by atoms with van der Waals surface area (Å²) < 4.78 is 30.0. The van der Waals surface area contributed by atoms with Crippen LogP contribution in [0.2, 0.25) is 0 Å². The SMILES string of the molecule is COC(=O)c1cc(C#N)nc(CN)c1C(F)F. The zero-order valence-corrected chi connectivity index (χ0v) is 8.91.